The zero-order valence-corrected chi connectivity index (χ0v) is 8.54. The molecule has 1 aliphatic heterocycles. The molecule has 0 saturated carbocycles. The average Bonchev–Trinajstić information content (AvgIpc) is 1.94. The van der Waals surface area contributed by atoms with Crippen molar-refractivity contribution < 1.29 is 0 Å². The Morgan fingerprint density at radius 2 is 2.30 bits per heavy atom. The molecule has 2 heteroatoms. The molecule has 0 aliphatic carbocycles. The number of hydrogen-bond donors (Lipinski definition) is 0. The van der Waals surface area contributed by atoms with Gasteiger partial charge >= 0.3 is 0 Å². The average molecular weight is 251 g/mol. The molecule has 10 heavy (non-hydrogen) atoms. The van der Waals surface area contributed by atoms with E-state index in [9.17, 15) is 0 Å². The van der Waals surface area contributed by atoms with Gasteiger partial charge in [0.2, 0.25) is 0 Å². The predicted molar refractivity (Wildman–Crippen MR) is 53.2 cm³/mol. The molecule has 1 nitrogen and oxygen atoms in total. The first-order chi connectivity index (χ1) is 4.84. The van der Waals surface area contributed by atoms with Gasteiger partial charge in [0.25, 0.3) is 0 Å². The Morgan fingerprint density at radius 3 is 2.90 bits per heavy atom. The third kappa shape index (κ3) is 2.15. The van der Waals surface area contributed by atoms with E-state index in [1.54, 1.807) is 0 Å². The lowest BCUT2D eigenvalue weighted by Crippen LogP contribution is -2.30. The van der Waals surface area contributed by atoms with E-state index in [-0.39, 0.29) is 0 Å². The summed E-state index contributed by atoms with van der Waals surface area (Å²) in [6.07, 6.45) is 8.45. The monoisotopic (exact) mass is 251 g/mol. The molecule has 0 radical (unpaired) electrons. The zero-order valence-electron chi connectivity index (χ0n) is 6.39. The van der Waals surface area contributed by atoms with Crippen molar-refractivity contribution in [2.45, 2.75) is 30.2 Å². The van der Waals surface area contributed by atoms with E-state index < -0.39 is 0 Å². The van der Waals surface area contributed by atoms with Crippen LogP contribution in [0.4, 0.5) is 0 Å². The van der Waals surface area contributed by atoms with Gasteiger partial charge in [-0.2, -0.15) is 0 Å². The van der Waals surface area contributed by atoms with Crippen molar-refractivity contribution in [1.82, 2.24) is 4.90 Å². The minimum atomic E-state index is 0.738. The molecule has 0 N–H and O–H groups in total. The summed E-state index contributed by atoms with van der Waals surface area (Å²) in [6, 6.07) is 0. The van der Waals surface area contributed by atoms with Crippen LogP contribution in [0.2, 0.25) is 0 Å². The van der Waals surface area contributed by atoms with Gasteiger partial charge in [0.05, 0.1) is 4.05 Å². The lowest BCUT2D eigenvalue weighted by molar-refractivity contribution is 0.295. The Bertz CT molecular complexity index is 122. The predicted octanol–water partition coefficient (Wildman–Crippen LogP) is 2.77. The number of halogens is 1. The molecule has 1 saturated heterocycles. The number of rotatable bonds is 1. The van der Waals surface area contributed by atoms with Gasteiger partial charge in [-0.1, -0.05) is 28.7 Å². The van der Waals surface area contributed by atoms with Crippen LogP contribution in [0, 0.1) is 0 Å². The molecule has 0 aromatic rings. The number of likely N-dealkylation sites (tertiary alicyclic amines) is 1. The molecule has 1 rings (SSSR count). The third-order valence-corrected chi connectivity index (χ3v) is 3.15. The van der Waals surface area contributed by atoms with Crippen LogP contribution in [0.3, 0.4) is 0 Å². The SMILES string of the molecule is CC=CN1CCCCC1I. The van der Waals surface area contributed by atoms with Crippen molar-refractivity contribution in [3.8, 4) is 0 Å². The van der Waals surface area contributed by atoms with Crippen LogP contribution in [-0.4, -0.2) is 15.5 Å². The van der Waals surface area contributed by atoms with Crippen LogP contribution in [0.25, 0.3) is 0 Å². The largest absolute Gasteiger partial charge is 0.366 e. The highest BCUT2D eigenvalue weighted by Gasteiger charge is 2.14. The molecular formula is C8H14IN. The van der Waals surface area contributed by atoms with Gasteiger partial charge in [0, 0.05) is 6.54 Å². The maximum absolute atomic E-state index is 2.52. The van der Waals surface area contributed by atoms with Crippen molar-refractivity contribution in [3.63, 3.8) is 0 Å². The Kier molecular flexibility index (Phi) is 3.52. The van der Waals surface area contributed by atoms with Crippen molar-refractivity contribution >= 4 is 22.6 Å². The van der Waals surface area contributed by atoms with Gasteiger partial charge in [0.1, 0.15) is 0 Å². The second-order valence-corrected chi connectivity index (χ2v) is 4.09. The Balaban J connectivity index is 2.39. The van der Waals surface area contributed by atoms with Crippen LogP contribution in [0.15, 0.2) is 12.3 Å². The smallest absolute Gasteiger partial charge is 0.0803 e. The highest BCUT2D eigenvalue weighted by atomic mass is 127. The van der Waals surface area contributed by atoms with E-state index in [2.05, 4.69) is 46.7 Å². The molecule has 1 atom stereocenters. The number of allylic oxidation sites excluding steroid dienone is 1. The fourth-order valence-electron chi connectivity index (χ4n) is 1.27. The molecule has 58 valence electrons. The Labute approximate surface area is 76.6 Å². The second-order valence-electron chi connectivity index (χ2n) is 2.65. The van der Waals surface area contributed by atoms with Gasteiger partial charge in [-0.15, -0.1) is 0 Å². The van der Waals surface area contributed by atoms with Crippen LogP contribution >= 0.6 is 22.6 Å². The number of alkyl halides is 1. The molecule has 1 unspecified atom stereocenters. The molecule has 1 heterocycles. The van der Waals surface area contributed by atoms with E-state index in [0.29, 0.717) is 0 Å². The van der Waals surface area contributed by atoms with E-state index in [1.165, 1.54) is 25.8 Å². The number of nitrogens with zero attached hydrogens (tertiary/aromatic N) is 1. The van der Waals surface area contributed by atoms with Gasteiger partial charge < -0.3 is 4.90 Å². The van der Waals surface area contributed by atoms with Crippen molar-refractivity contribution in [3.05, 3.63) is 12.3 Å². The maximum Gasteiger partial charge on any atom is 0.0803 e. The van der Waals surface area contributed by atoms with Crippen LogP contribution in [0.5, 0.6) is 0 Å². The molecule has 0 aromatic carbocycles. The summed E-state index contributed by atoms with van der Waals surface area (Å²) in [7, 11) is 0. The summed E-state index contributed by atoms with van der Waals surface area (Å²) in [5.74, 6) is 0. The zero-order chi connectivity index (χ0) is 7.40. The van der Waals surface area contributed by atoms with Gasteiger partial charge in [0.15, 0.2) is 0 Å². The first-order valence-electron chi connectivity index (χ1n) is 3.87. The van der Waals surface area contributed by atoms with Crippen molar-refractivity contribution in [2.75, 3.05) is 6.54 Å². The highest BCUT2D eigenvalue weighted by Crippen LogP contribution is 2.21. The van der Waals surface area contributed by atoms with Crippen LogP contribution in [0.1, 0.15) is 26.2 Å². The van der Waals surface area contributed by atoms with Crippen LogP contribution in [-0.2, 0) is 0 Å². The van der Waals surface area contributed by atoms with Crippen molar-refractivity contribution in [1.29, 1.82) is 0 Å². The second kappa shape index (κ2) is 4.21. The topological polar surface area (TPSA) is 3.24 Å². The maximum atomic E-state index is 2.52. The summed E-state index contributed by atoms with van der Waals surface area (Å²) in [6.45, 7) is 3.33. The van der Waals surface area contributed by atoms with E-state index in [4.69, 9.17) is 0 Å². The summed E-state index contributed by atoms with van der Waals surface area (Å²) < 4.78 is 0.738. The van der Waals surface area contributed by atoms with Crippen molar-refractivity contribution in [2.24, 2.45) is 0 Å². The van der Waals surface area contributed by atoms with E-state index in [0.717, 1.165) is 4.05 Å². The molecule has 0 aromatic heterocycles. The summed E-state index contributed by atoms with van der Waals surface area (Å²) in [4.78, 5) is 2.42. The van der Waals surface area contributed by atoms with E-state index in [1.807, 2.05) is 0 Å². The summed E-state index contributed by atoms with van der Waals surface area (Å²) in [5, 5.41) is 0. The fourth-order valence-corrected chi connectivity index (χ4v) is 2.18. The summed E-state index contributed by atoms with van der Waals surface area (Å²) >= 11 is 2.52. The normalized spacial score (nSPS) is 27.8. The lowest BCUT2D eigenvalue weighted by atomic mass is 10.1. The highest BCUT2D eigenvalue weighted by molar-refractivity contribution is 14.1. The fraction of sp³-hybridized carbons (Fsp3) is 0.750. The Hall–Kier alpha value is 0.270. The molecule has 1 fully saturated rings. The third-order valence-electron chi connectivity index (χ3n) is 1.81. The standard InChI is InChI=1S/C8H14IN/c1-2-6-10-7-4-3-5-8(10)9/h2,6,8H,3-5,7H2,1H3. The molecule has 0 amide bonds. The number of hydrogen-bond acceptors (Lipinski definition) is 1. The lowest BCUT2D eigenvalue weighted by Gasteiger charge is -2.30. The minimum absolute atomic E-state index is 0.738. The van der Waals surface area contributed by atoms with Crippen LogP contribution < -0.4 is 0 Å². The summed E-state index contributed by atoms with van der Waals surface area (Å²) in [5.41, 5.74) is 0. The van der Waals surface area contributed by atoms with Gasteiger partial charge in [-0.3, -0.25) is 0 Å². The minimum Gasteiger partial charge on any atom is -0.366 e. The Morgan fingerprint density at radius 1 is 1.50 bits per heavy atom. The van der Waals surface area contributed by atoms with Gasteiger partial charge in [-0.25, -0.2) is 0 Å². The first kappa shape index (κ1) is 8.37. The molecule has 1 aliphatic rings. The van der Waals surface area contributed by atoms with E-state index >= 15 is 0 Å². The quantitative estimate of drug-likeness (QED) is 0.393. The molecule has 0 spiro atoms. The molecule has 0 bridgehead atoms. The number of piperidine rings is 1. The first-order valence-corrected chi connectivity index (χ1v) is 5.12. The molecular weight excluding hydrogens is 237 g/mol. The van der Waals surface area contributed by atoms with Gasteiger partial charge in [-0.05, 0) is 32.4 Å².